The molecule has 0 amide bonds. The van der Waals surface area contributed by atoms with Crippen LogP contribution in [0.2, 0.25) is 0 Å². The molecule has 236 valence electrons. The first-order valence-corrected chi connectivity index (χ1v) is 17.3. The molecule has 0 heteroatoms. The van der Waals surface area contributed by atoms with Crippen molar-refractivity contribution >= 4 is 12.2 Å². The fourth-order valence-corrected chi connectivity index (χ4v) is 7.69. The van der Waals surface area contributed by atoms with E-state index >= 15 is 0 Å². The molecule has 0 N–H and O–H groups in total. The maximum Gasteiger partial charge on any atom is 0.0146 e. The van der Waals surface area contributed by atoms with Crippen LogP contribution in [0.25, 0.3) is 34.4 Å². The van der Waals surface area contributed by atoms with E-state index in [1.807, 2.05) is 0 Å². The molecular weight excluding hydrogens is 565 g/mol. The van der Waals surface area contributed by atoms with Crippen LogP contribution >= 0.6 is 0 Å². The molecule has 0 spiro atoms. The van der Waals surface area contributed by atoms with Gasteiger partial charge in [0.1, 0.15) is 0 Å². The van der Waals surface area contributed by atoms with Crippen LogP contribution in [0, 0.1) is 5.41 Å². The summed E-state index contributed by atoms with van der Waals surface area (Å²) in [5, 5.41) is 0. The van der Waals surface area contributed by atoms with Gasteiger partial charge in [-0.05, 0) is 91.3 Å². The third-order valence-electron chi connectivity index (χ3n) is 10.7. The van der Waals surface area contributed by atoms with Gasteiger partial charge in [-0.2, -0.15) is 0 Å². The van der Waals surface area contributed by atoms with Crippen LogP contribution in [-0.2, 0) is 30.1 Å². The Bertz CT molecular complexity index is 1860. The van der Waals surface area contributed by atoms with Crippen LogP contribution in [0.3, 0.4) is 0 Å². The minimum atomic E-state index is -0.111. The second-order valence-electron chi connectivity index (χ2n) is 16.1. The smallest absolute Gasteiger partial charge is 0.0146 e. The van der Waals surface area contributed by atoms with Gasteiger partial charge in [0.15, 0.2) is 0 Å². The Labute approximate surface area is 282 Å². The molecule has 0 aromatic heterocycles. The molecule has 0 radical (unpaired) electrons. The first-order valence-electron chi connectivity index (χ1n) is 17.3. The van der Waals surface area contributed by atoms with Crippen molar-refractivity contribution in [2.24, 2.45) is 5.41 Å². The Kier molecular flexibility index (Phi) is 7.75. The van der Waals surface area contributed by atoms with E-state index in [4.69, 9.17) is 0 Å². The molecule has 7 rings (SSSR count). The standard InChI is InChI=1S/C47H48/c1-45(2,3)37-23-19-33(20-24-37)41-17-11-15-35-27-39(29-43(35)41)47(7,31-32-13-9-8-10-14-32)40-28-36-16-12-18-42(44(36)30-40)34-21-25-38(26-22-34)46(4,5)6/h8-26,29-30H,27-28,31H2,1-7H3. The normalized spacial score (nSPS) is 14.4. The highest BCUT2D eigenvalue weighted by atomic mass is 14.4. The number of hydrogen-bond donors (Lipinski definition) is 0. The summed E-state index contributed by atoms with van der Waals surface area (Å²) in [7, 11) is 0. The fourth-order valence-electron chi connectivity index (χ4n) is 7.69. The van der Waals surface area contributed by atoms with Crippen molar-refractivity contribution in [2.75, 3.05) is 0 Å². The lowest BCUT2D eigenvalue weighted by molar-refractivity contribution is 0.466. The van der Waals surface area contributed by atoms with Crippen molar-refractivity contribution in [1.29, 1.82) is 0 Å². The summed E-state index contributed by atoms with van der Waals surface area (Å²) in [5.41, 5.74) is 18.3. The fraction of sp³-hybridized carbons (Fsp3) is 0.277. The lowest BCUT2D eigenvalue weighted by Gasteiger charge is -2.34. The summed E-state index contributed by atoms with van der Waals surface area (Å²) in [4.78, 5) is 0. The van der Waals surface area contributed by atoms with Crippen LogP contribution < -0.4 is 0 Å². The second kappa shape index (κ2) is 11.7. The van der Waals surface area contributed by atoms with Crippen LogP contribution in [0.4, 0.5) is 0 Å². The summed E-state index contributed by atoms with van der Waals surface area (Å²) >= 11 is 0. The van der Waals surface area contributed by atoms with Gasteiger partial charge in [0.05, 0.1) is 0 Å². The molecule has 0 aliphatic heterocycles. The Morgan fingerprint density at radius 2 is 0.872 bits per heavy atom. The minimum absolute atomic E-state index is 0.111. The predicted molar refractivity (Wildman–Crippen MR) is 203 cm³/mol. The van der Waals surface area contributed by atoms with Gasteiger partial charge >= 0.3 is 0 Å². The number of fused-ring (bicyclic) bond motifs is 2. The first-order chi connectivity index (χ1) is 22.4. The summed E-state index contributed by atoms with van der Waals surface area (Å²) in [6.07, 6.45) is 8.05. The zero-order chi connectivity index (χ0) is 33.0. The van der Waals surface area contributed by atoms with E-state index in [0.29, 0.717) is 0 Å². The van der Waals surface area contributed by atoms with Gasteiger partial charge in [0.25, 0.3) is 0 Å². The molecule has 2 aliphatic rings. The summed E-state index contributed by atoms with van der Waals surface area (Å²) in [6.45, 7) is 16.2. The van der Waals surface area contributed by atoms with Gasteiger partial charge in [-0.1, -0.05) is 187 Å². The van der Waals surface area contributed by atoms with Crippen molar-refractivity contribution < 1.29 is 0 Å². The Balaban J connectivity index is 1.30. The summed E-state index contributed by atoms with van der Waals surface area (Å²) < 4.78 is 0. The molecule has 0 unspecified atom stereocenters. The molecule has 0 heterocycles. The number of hydrogen-bond acceptors (Lipinski definition) is 0. The van der Waals surface area contributed by atoms with E-state index in [-0.39, 0.29) is 16.2 Å². The van der Waals surface area contributed by atoms with Gasteiger partial charge in [-0.15, -0.1) is 0 Å². The minimum Gasteiger partial charge on any atom is -0.0622 e. The van der Waals surface area contributed by atoms with Crippen molar-refractivity contribution in [3.8, 4) is 22.3 Å². The largest absolute Gasteiger partial charge is 0.0622 e. The molecule has 0 nitrogen and oxygen atoms in total. The monoisotopic (exact) mass is 612 g/mol. The van der Waals surface area contributed by atoms with E-state index in [1.165, 1.54) is 72.3 Å². The molecule has 0 saturated carbocycles. The van der Waals surface area contributed by atoms with Crippen LogP contribution in [0.5, 0.6) is 0 Å². The average molecular weight is 613 g/mol. The lowest BCUT2D eigenvalue weighted by atomic mass is 9.70. The molecular formula is C47H48. The lowest BCUT2D eigenvalue weighted by Crippen LogP contribution is -2.25. The van der Waals surface area contributed by atoms with E-state index in [1.54, 1.807) is 0 Å². The van der Waals surface area contributed by atoms with Gasteiger partial charge in [-0.25, -0.2) is 0 Å². The molecule has 0 bridgehead atoms. The molecule has 0 saturated heterocycles. The number of rotatable bonds is 6. The Morgan fingerprint density at radius 1 is 0.447 bits per heavy atom. The highest BCUT2D eigenvalue weighted by molar-refractivity contribution is 5.84. The third-order valence-corrected chi connectivity index (χ3v) is 10.7. The zero-order valence-corrected chi connectivity index (χ0v) is 29.2. The third kappa shape index (κ3) is 5.96. The molecule has 0 fully saturated rings. The van der Waals surface area contributed by atoms with Crippen LogP contribution in [0.1, 0.15) is 87.4 Å². The molecule has 0 atom stereocenters. The quantitative estimate of drug-likeness (QED) is 0.179. The van der Waals surface area contributed by atoms with Crippen molar-refractivity contribution in [1.82, 2.24) is 0 Å². The summed E-state index contributed by atoms with van der Waals surface area (Å²) in [6, 6.07) is 43.4. The van der Waals surface area contributed by atoms with Crippen LogP contribution in [0.15, 0.2) is 126 Å². The Morgan fingerprint density at radius 3 is 1.28 bits per heavy atom. The molecule has 5 aromatic carbocycles. The highest BCUT2D eigenvalue weighted by Crippen LogP contribution is 2.50. The van der Waals surface area contributed by atoms with Crippen LogP contribution in [-0.4, -0.2) is 0 Å². The topological polar surface area (TPSA) is 0 Å². The van der Waals surface area contributed by atoms with E-state index in [2.05, 4.69) is 176 Å². The van der Waals surface area contributed by atoms with Gasteiger partial charge < -0.3 is 0 Å². The van der Waals surface area contributed by atoms with E-state index in [0.717, 1.165) is 19.3 Å². The highest BCUT2D eigenvalue weighted by Gasteiger charge is 2.38. The van der Waals surface area contributed by atoms with Crippen molar-refractivity contribution in [3.63, 3.8) is 0 Å². The second-order valence-corrected chi connectivity index (χ2v) is 16.1. The molecule has 47 heavy (non-hydrogen) atoms. The SMILES string of the molecule is CC(Cc1ccccc1)(C1=Cc2c(cccc2-c2ccc(C(C)(C)C)cc2)C1)C1=Cc2c(cccc2-c2ccc(C(C)(C)C)cc2)C1. The maximum absolute atomic E-state index is 2.54. The van der Waals surface area contributed by atoms with Gasteiger partial charge in [-0.3, -0.25) is 0 Å². The first kappa shape index (κ1) is 31.2. The van der Waals surface area contributed by atoms with Crippen molar-refractivity contribution in [3.05, 3.63) is 165 Å². The van der Waals surface area contributed by atoms with Gasteiger partial charge in [0.2, 0.25) is 0 Å². The van der Waals surface area contributed by atoms with E-state index < -0.39 is 0 Å². The molecule has 5 aromatic rings. The average Bonchev–Trinajstić information content (AvgIpc) is 3.70. The Hall–Kier alpha value is -4.42. The zero-order valence-electron chi connectivity index (χ0n) is 29.2. The van der Waals surface area contributed by atoms with E-state index in [9.17, 15) is 0 Å². The predicted octanol–water partition coefficient (Wildman–Crippen LogP) is 12.4. The van der Waals surface area contributed by atoms with Gasteiger partial charge in [0, 0.05) is 5.41 Å². The molecule has 2 aliphatic carbocycles. The van der Waals surface area contributed by atoms with Crippen molar-refractivity contribution in [2.45, 2.75) is 78.6 Å². The number of allylic oxidation sites excluding steroid dienone is 2. The summed E-state index contributed by atoms with van der Waals surface area (Å²) in [5.74, 6) is 0. The maximum atomic E-state index is 2.54. The number of benzene rings is 5.